The molecule has 0 atom stereocenters. The number of aryl methyl sites for hydroxylation is 1. The number of amides is 1. The van der Waals surface area contributed by atoms with Gasteiger partial charge in [-0.25, -0.2) is 4.79 Å². The molecule has 0 saturated heterocycles. The smallest absolute Gasteiger partial charge is 0.341 e. The van der Waals surface area contributed by atoms with Crippen molar-refractivity contribution in [3.05, 3.63) is 45.8 Å². The SMILES string of the molecule is CCOC(=O)c1c(NC(=O)COc2ccccc2C#N)sc(C)c1C. The Morgan fingerprint density at radius 3 is 2.68 bits per heavy atom. The van der Waals surface area contributed by atoms with Crippen LogP contribution in [-0.2, 0) is 9.53 Å². The number of anilines is 1. The molecule has 0 fully saturated rings. The Hall–Kier alpha value is -2.85. The van der Waals surface area contributed by atoms with Gasteiger partial charge in [-0.2, -0.15) is 5.26 Å². The van der Waals surface area contributed by atoms with Crippen LogP contribution in [0.5, 0.6) is 5.75 Å². The normalized spacial score (nSPS) is 10.0. The van der Waals surface area contributed by atoms with Gasteiger partial charge in [0.2, 0.25) is 0 Å². The summed E-state index contributed by atoms with van der Waals surface area (Å²) < 4.78 is 10.5. The standard InChI is InChI=1S/C18H18N2O4S/c1-4-23-18(22)16-11(2)12(3)25-17(16)20-15(21)10-24-14-8-6-5-7-13(14)9-19/h5-8H,4,10H2,1-3H3,(H,20,21). The molecule has 1 aromatic heterocycles. The van der Waals surface area contributed by atoms with Crippen molar-refractivity contribution in [3.8, 4) is 11.8 Å². The summed E-state index contributed by atoms with van der Waals surface area (Å²) >= 11 is 1.31. The summed E-state index contributed by atoms with van der Waals surface area (Å²) in [5.41, 5.74) is 1.51. The van der Waals surface area contributed by atoms with E-state index >= 15 is 0 Å². The first kappa shape index (κ1) is 18.5. The number of benzene rings is 1. The number of nitrogens with zero attached hydrogens (tertiary/aromatic N) is 1. The van der Waals surface area contributed by atoms with Gasteiger partial charge in [0.1, 0.15) is 16.8 Å². The van der Waals surface area contributed by atoms with Gasteiger partial charge in [-0.1, -0.05) is 12.1 Å². The summed E-state index contributed by atoms with van der Waals surface area (Å²) in [5, 5.41) is 12.2. The first-order valence-corrected chi connectivity index (χ1v) is 8.48. The van der Waals surface area contributed by atoms with Gasteiger partial charge in [0.05, 0.1) is 17.7 Å². The van der Waals surface area contributed by atoms with Crippen LogP contribution in [0.25, 0.3) is 0 Å². The molecule has 2 aromatic rings. The fourth-order valence-corrected chi connectivity index (χ4v) is 3.22. The zero-order valence-corrected chi connectivity index (χ0v) is 15.0. The Morgan fingerprint density at radius 1 is 1.28 bits per heavy atom. The van der Waals surface area contributed by atoms with Crippen LogP contribution < -0.4 is 10.1 Å². The summed E-state index contributed by atoms with van der Waals surface area (Å²) in [6.07, 6.45) is 0. The maximum absolute atomic E-state index is 12.2. The van der Waals surface area contributed by atoms with Crippen LogP contribution in [0.3, 0.4) is 0 Å². The van der Waals surface area contributed by atoms with Crippen LogP contribution in [0, 0.1) is 25.2 Å². The van der Waals surface area contributed by atoms with Gasteiger partial charge in [0, 0.05) is 4.88 Å². The first-order valence-electron chi connectivity index (χ1n) is 7.66. The van der Waals surface area contributed by atoms with Gasteiger partial charge in [0.25, 0.3) is 5.91 Å². The molecule has 1 amide bonds. The molecule has 1 heterocycles. The second-order valence-electron chi connectivity index (χ2n) is 5.15. The van der Waals surface area contributed by atoms with Crippen molar-refractivity contribution in [1.29, 1.82) is 5.26 Å². The molecule has 0 saturated carbocycles. The van der Waals surface area contributed by atoms with E-state index in [-0.39, 0.29) is 13.2 Å². The van der Waals surface area contributed by atoms with Crippen molar-refractivity contribution in [2.24, 2.45) is 0 Å². The number of nitrogens with one attached hydrogen (secondary N) is 1. The number of para-hydroxylation sites is 1. The lowest BCUT2D eigenvalue weighted by atomic mass is 10.1. The highest BCUT2D eigenvalue weighted by atomic mass is 32.1. The highest BCUT2D eigenvalue weighted by Gasteiger charge is 2.22. The van der Waals surface area contributed by atoms with Crippen LogP contribution in [0.15, 0.2) is 24.3 Å². The van der Waals surface area contributed by atoms with Gasteiger partial charge in [-0.3, -0.25) is 4.79 Å². The van der Waals surface area contributed by atoms with Gasteiger partial charge in [-0.15, -0.1) is 11.3 Å². The van der Waals surface area contributed by atoms with Crippen LogP contribution in [0.2, 0.25) is 0 Å². The molecule has 2 rings (SSSR count). The van der Waals surface area contributed by atoms with Crippen LogP contribution >= 0.6 is 11.3 Å². The second-order valence-corrected chi connectivity index (χ2v) is 6.38. The summed E-state index contributed by atoms with van der Waals surface area (Å²) in [6.45, 7) is 5.40. The van der Waals surface area contributed by atoms with Crippen LogP contribution in [0.4, 0.5) is 5.00 Å². The number of esters is 1. The van der Waals surface area contributed by atoms with Gasteiger partial charge in [-0.05, 0) is 38.5 Å². The summed E-state index contributed by atoms with van der Waals surface area (Å²) in [4.78, 5) is 25.2. The van der Waals surface area contributed by atoms with E-state index in [0.717, 1.165) is 10.4 Å². The maximum Gasteiger partial charge on any atom is 0.341 e. The van der Waals surface area contributed by atoms with Crippen molar-refractivity contribution in [1.82, 2.24) is 0 Å². The molecule has 1 aromatic carbocycles. The summed E-state index contributed by atoms with van der Waals surface area (Å²) in [6, 6.07) is 8.67. The lowest BCUT2D eigenvalue weighted by Gasteiger charge is -2.09. The topological polar surface area (TPSA) is 88.4 Å². The average Bonchev–Trinajstić information content (AvgIpc) is 2.87. The van der Waals surface area contributed by atoms with Crippen LogP contribution in [-0.4, -0.2) is 25.1 Å². The maximum atomic E-state index is 12.2. The van der Waals surface area contributed by atoms with E-state index in [2.05, 4.69) is 5.32 Å². The molecule has 0 bridgehead atoms. The number of thiophene rings is 1. The molecule has 0 aliphatic carbocycles. The fourth-order valence-electron chi connectivity index (χ4n) is 2.15. The minimum atomic E-state index is -0.463. The zero-order valence-electron chi connectivity index (χ0n) is 14.2. The van der Waals surface area contributed by atoms with E-state index in [4.69, 9.17) is 14.7 Å². The molecule has 0 spiro atoms. The highest BCUT2D eigenvalue weighted by Crippen LogP contribution is 2.33. The van der Waals surface area contributed by atoms with Crippen molar-refractivity contribution >= 4 is 28.2 Å². The Balaban J connectivity index is 2.10. The predicted molar refractivity (Wildman–Crippen MR) is 95.0 cm³/mol. The first-order chi connectivity index (χ1) is 12.0. The van der Waals surface area contributed by atoms with E-state index in [0.29, 0.717) is 21.9 Å². The number of ether oxygens (including phenoxy) is 2. The molecule has 0 aliphatic rings. The van der Waals surface area contributed by atoms with Gasteiger partial charge >= 0.3 is 5.97 Å². The minimum absolute atomic E-state index is 0.259. The molecule has 0 unspecified atom stereocenters. The Morgan fingerprint density at radius 2 is 2.00 bits per heavy atom. The molecule has 6 nitrogen and oxygen atoms in total. The van der Waals surface area contributed by atoms with Gasteiger partial charge < -0.3 is 14.8 Å². The lowest BCUT2D eigenvalue weighted by Crippen LogP contribution is -2.21. The van der Waals surface area contributed by atoms with Crippen molar-refractivity contribution in [3.63, 3.8) is 0 Å². The average molecular weight is 358 g/mol. The number of rotatable bonds is 6. The third-order valence-corrected chi connectivity index (χ3v) is 4.61. The molecule has 7 heteroatoms. The Bertz CT molecular complexity index is 836. The van der Waals surface area contributed by atoms with E-state index in [1.54, 1.807) is 31.2 Å². The highest BCUT2D eigenvalue weighted by molar-refractivity contribution is 7.16. The summed E-state index contributed by atoms with van der Waals surface area (Å²) in [5.74, 6) is -0.542. The van der Waals surface area contributed by atoms with Crippen molar-refractivity contribution < 1.29 is 19.1 Å². The molecule has 0 radical (unpaired) electrons. The van der Waals surface area contributed by atoms with E-state index in [9.17, 15) is 9.59 Å². The largest absolute Gasteiger partial charge is 0.482 e. The van der Waals surface area contributed by atoms with Crippen molar-refractivity contribution in [2.45, 2.75) is 20.8 Å². The van der Waals surface area contributed by atoms with E-state index < -0.39 is 11.9 Å². The third kappa shape index (κ3) is 4.37. The number of hydrogen-bond donors (Lipinski definition) is 1. The third-order valence-electron chi connectivity index (χ3n) is 3.48. The predicted octanol–water partition coefficient (Wildman–Crippen LogP) is 3.43. The molecule has 1 N–H and O–H groups in total. The van der Waals surface area contributed by atoms with Crippen molar-refractivity contribution in [2.75, 3.05) is 18.5 Å². The quantitative estimate of drug-likeness (QED) is 0.799. The Labute approximate surface area is 150 Å². The number of hydrogen-bond acceptors (Lipinski definition) is 6. The number of carbonyl (C=O) groups is 2. The molecule has 130 valence electrons. The monoisotopic (exact) mass is 358 g/mol. The second kappa shape index (κ2) is 8.31. The minimum Gasteiger partial charge on any atom is -0.482 e. The molecular weight excluding hydrogens is 340 g/mol. The summed E-state index contributed by atoms with van der Waals surface area (Å²) in [7, 11) is 0. The fraction of sp³-hybridized carbons (Fsp3) is 0.278. The molecular formula is C18H18N2O4S. The number of carbonyl (C=O) groups excluding carboxylic acids is 2. The van der Waals surface area contributed by atoms with Gasteiger partial charge in [0.15, 0.2) is 6.61 Å². The van der Waals surface area contributed by atoms with Crippen LogP contribution in [0.1, 0.15) is 33.3 Å². The Kier molecular flexibility index (Phi) is 6.14. The molecule has 0 aliphatic heterocycles. The lowest BCUT2D eigenvalue weighted by molar-refractivity contribution is -0.118. The zero-order chi connectivity index (χ0) is 18.4. The molecule has 25 heavy (non-hydrogen) atoms. The number of nitriles is 1. The van der Waals surface area contributed by atoms with E-state index in [1.807, 2.05) is 19.9 Å². The van der Waals surface area contributed by atoms with E-state index in [1.165, 1.54) is 11.3 Å².